The van der Waals surface area contributed by atoms with Gasteiger partial charge in [0, 0.05) is 12.6 Å². The molecule has 0 bridgehead atoms. The van der Waals surface area contributed by atoms with Crippen LogP contribution in [-0.2, 0) is 25.5 Å². The van der Waals surface area contributed by atoms with E-state index in [-0.39, 0.29) is 35.9 Å². The average molecular weight is 660 g/mol. The van der Waals surface area contributed by atoms with E-state index >= 15 is 0 Å². The van der Waals surface area contributed by atoms with E-state index in [1.807, 2.05) is 37.3 Å². The Morgan fingerprint density at radius 2 is 1.48 bits per heavy atom. The van der Waals surface area contributed by atoms with Crippen molar-refractivity contribution in [3.05, 3.63) is 89.6 Å². The number of nitrogens with zero attached hydrogens (tertiary/aromatic N) is 3. The Bertz CT molecular complexity index is 1630. The van der Waals surface area contributed by atoms with Crippen LogP contribution in [0.2, 0.25) is 0 Å². The maximum absolute atomic E-state index is 13.6. The minimum atomic E-state index is -1.11. The second kappa shape index (κ2) is 14.2. The van der Waals surface area contributed by atoms with Crippen molar-refractivity contribution in [3.8, 4) is 5.75 Å². The van der Waals surface area contributed by atoms with Crippen LogP contribution in [-0.4, -0.2) is 62.4 Å². The van der Waals surface area contributed by atoms with Crippen molar-refractivity contribution in [2.24, 2.45) is 5.92 Å². The van der Waals surface area contributed by atoms with Crippen LogP contribution in [0.3, 0.4) is 0 Å². The van der Waals surface area contributed by atoms with Gasteiger partial charge in [0.15, 0.2) is 6.23 Å². The summed E-state index contributed by atoms with van der Waals surface area (Å²) in [6.45, 7) is 11.9. The van der Waals surface area contributed by atoms with Crippen LogP contribution in [0.15, 0.2) is 72.9 Å². The zero-order valence-corrected chi connectivity index (χ0v) is 28.1. The highest BCUT2D eigenvalue weighted by atomic mass is 16.6. The van der Waals surface area contributed by atoms with Gasteiger partial charge in [0.05, 0.1) is 11.5 Å². The first kappa shape index (κ1) is 35.6. The van der Waals surface area contributed by atoms with Crippen molar-refractivity contribution in [2.75, 3.05) is 4.90 Å². The first-order chi connectivity index (χ1) is 22.4. The largest absolute Gasteiger partial charge is 0.478 e. The molecule has 1 aliphatic heterocycles. The van der Waals surface area contributed by atoms with Gasteiger partial charge in [0.25, 0.3) is 0 Å². The van der Waals surface area contributed by atoms with E-state index in [2.05, 4.69) is 4.98 Å². The third kappa shape index (κ3) is 8.96. The standard InChI is InChI=1S/C36H41N3O9/c1-22(24-11-9-8-10-12-24)19-29(40)39-30(41)27(31(39)46-26-15-13-25(14-16-26)32(42)43)20-23-17-18-37-28(21-23)38(33(44)47-35(2,3)4)34(45)48-36(5,6)7/h8-18,21-22,27,31H,19-20H2,1-7H3,(H,42,43)/t22-,27-,31+/m0/s1. The number of amides is 4. The second-order valence-corrected chi connectivity index (χ2v) is 13.6. The summed E-state index contributed by atoms with van der Waals surface area (Å²) in [4.78, 5) is 70.8. The highest BCUT2D eigenvalue weighted by molar-refractivity contribution is 6.08. The smallest absolute Gasteiger partial charge is 0.425 e. The highest BCUT2D eigenvalue weighted by Crippen LogP contribution is 2.35. The number of carbonyl (C=O) groups is 5. The number of carboxylic acids is 1. The number of pyridine rings is 1. The molecule has 4 amide bonds. The predicted octanol–water partition coefficient (Wildman–Crippen LogP) is 6.58. The minimum Gasteiger partial charge on any atom is -0.478 e. The second-order valence-electron chi connectivity index (χ2n) is 13.6. The van der Waals surface area contributed by atoms with Gasteiger partial charge in [-0.1, -0.05) is 37.3 Å². The first-order valence-electron chi connectivity index (χ1n) is 15.6. The number of hydrogen-bond donors (Lipinski definition) is 1. The van der Waals surface area contributed by atoms with E-state index in [1.54, 1.807) is 47.6 Å². The third-order valence-electron chi connectivity index (χ3n) is 7.28. The normalized spacial score (nSPS) is 16.7. The van der Waals surface area contributed by atoms with Gasteiger partial charge in [-0.2, -0.15) is 4.90 Å². The zero-order chi connectivity index (χ0) is 35.4. The lowest BCUT2D eigenvalue weighted by molar-refractivity contribution is -0.183. The van der Waals surface area contributed by atoms with Crippen LogP contribution >= 0.6 is 0 Å². The number of imide groups is 2. The molecule has 0 spiro atoms. The fourth-order valence-electron chi connectivity index (χ4n) is 5.03. The van der Waals surface area contributed by atoms with E-state index in [4.69, 9.17) is 14.2 Å². The van der Waals surface area contributed by atoms with E-state index < -0.39 is 53.3 Å². The summed E-state index contributed by atoms with van der Waals surface area (Å²) in [6, 6.07) is 18.2. The van der Waals surface area contributed by atoms with Crippen LogP contribution < -0.4 is 9.64 Å². The number of carboxylic acid groups (broad SMARTS) is 1. The maximum Gasteiger partial charge on any atom is 0.425 e. The lowest BCUT2D eigenvalue weighted by atomic mass is 9.87. The average Bonchev–Trinajstić information content (AvgIpc) is 2.99. The molecule has 1 aromatic heterocycles. The molecule has 1 saturated heterocycles. The topological polar surface area (TPSA) is 153 Å². The van der Waals surface area contributed by atoms with Crippen LogP contribution in [0.1, 0.15) is 82.3 Å². The van der Waals surface area contributed by atoms with E-state index in [0.717, 1.165) is 10.5 Å². The lowest BCUT2D eigenvalue weighted by Gasteiger charge is -2.45. The summed E-state index contributed by atoms with van der Waals surface area (Å²) in [5, 5.41) is 9.28. The molecule has 3 aromatic rings. The molecule has 0 aliphatic carbocycles. The highest BCUT2D eigenvalue weighted by Gasteiger charge is 2.52. The number of aromatic nitrogens is 1. The summed E-state index contributed by atoms with van der Waals surface area (Å²) >= 11 is 0. The molecule has 0 saturated carbocycles. The number of anilines is 1. The third-order valence-corrected chi connectivity index (χ3v) is 7.28. The monoisotopic (exact) mass is 659 g/mol. The van der Waals surface area contributed by atoms with Gasteiger partial charge in [0.2, 0.25) is 11.8 Å². The van der Waals surface area contributed by atoms with Crippen LogP contribution in [0, 0.1) is 5.92 Å². The number of hydrogen-bond acceptors (Lipinski definition) is 9. The van der Waals surface area contributed by atoms with E-state index in [1.165, 1.54) is 36.5 Å². The molecule has 2 heterocycles. The summed E-state index contributed by atoms with van der Waals surface area (Å²) in [5.41, 5.74) is -0.323. The molecule has 1 aliphatic rings. The molecular weight excluding hydrogens is 618 g/mol. The van der Waals surface area contributed by atoms with E-state index in [9.17, 15) is 29.1 Å². The number of benzene rings is 2. The van der Waals surface area contributed by atoms with Gasteiger partial charge < -0.3 is 19.3 Å². The number of ether oxygens (including phenoxy) is 3. The Hall–Kier alpha value is -5.26. The molecule has 3 atom stereocenters. The molecule has 1 N–H and O–H groups in total. The van der Waals surface area contributed by atoms with Crippen LogP contribution in [0.5, 0.6) is 5.75 Å². The minimum absolute atomic E-state index is 0.0528. The molecule has 254 valence electrons. The summed E-state index contributed by atoms with van der Waals surface area (Å²) in [6.07, 6.45) is -1.47. The van der Waals surface area contributed by atoms with Gasteiger partial charge in [-0.15, -0.1) is 0 Å². The molecule has 48 heavy (non-hydrogen) atoms. The van der Waals surface area contributed by atoms with Gasteiger partial charge in [-0.25, -0.2) is 24.3 Å². The fourth-order valence-corrected chi connectivity index (χ4v) is 5.03. The number of aromatic carboxylic acids is 1. The summed E-state index contributed by atoms with van der Waals surface area (Å²) in [5.74, 6) is -2.78. The molecule has 1 fully saturated rings. The molecule has 0 unspecified atom stereocenters. The van der Waals surface area contributed by atoms with Crippen molar-refractivity contribution >= 4 is 35.8 Å². The van der Waals surface area contributed by atoms with E-state index in [0.29, 0.717) is 10.5 Å². The quantitative estimate of drug-likeness (QED) is 0.249. The SMILES string of the molecule is C[C@@H](CC(=O)N1C(=O)[C@H](Cc2ccnc(N(C(=O)OC(C)(C)C)C(=O)OC(C)(C)C)c2)[C@H]1Oc1ccc(C(=O)O)cc1)c1ccccc1. The van der Waals surface area contributed by atoms with Crippen molar-refractivity contribution in [3.63, 3.8) is 0 Å². The predicted molar refractivity (Wildman–Crippen MR) is 176 cm³/mol. The Labute approximate surface area is 279 Å². The molecule has 0 radical (unpaired) electrons. The summed E-state index contributed by atoms with van der Waals surface area (Å²) < 4.78 is 17.1. The molecule has 12 nitrogen and oxygen atoms in total. The Balaban J connectivity index is 1.62. The molecule has 12 heteroatoms. The van der Waals surface area contributed by atoms with Crippen molar-refractivity contribution in [2.45, 2.75) is 84.7 Å². The molecule has 4 rings (SSSR count). The van der Waals surface area contributed by atoms with Crippen LogP contribution in [0.4, 0.5) is 15.4 Å². The van der Waals surface area contributed by atoms with Crippen molar-refractivity contribution in [1.82, 2.24) is 9.88 Å². The van der Waals surface area contributed by atoms with Gasteiger partial charge in [-0.05, 0) is 101 Å². The number of β-lactam (4-membered cyclic amide) rings is 1. The van der Waals surface area contributed by atoms with Gasteiger partial charge in [0.1, 0.15) is 22.8 Å². The zero-order valence-electron chi connectivity index (χ0n) is 28.1. The van der Waals surface area contributed by atoms with Crippen molar-refractivity contribution in [1.29, 1.82) is 0 Å². The Morgan fingerprint density at radius 3 is 2.02 bits per heavy atom. The Morgan fingerprint density at radius 1 is 0.896 bits per heavy atom. The fraction of sp³-hybridized carbons (Fsp3) is 0.389. The molecule has 2 aromatic carbocycles. The number of likely N-dealkylation sites (tertiary alicyclic amines) is 1. The van der Waals surface area contributed by atoms with Gasteiger partial charge in [-0.3, -0.25) is 9.59 Å². The first-order valence-corrected chi connectivity index (χ1v) is 15.6. The lowest BCUT2D eigenvalue weighted by Crippen LogP contribution is -2.66. The number of rotatable bonds is 9. The van der Waals surface area contributed by atoms with Crippen molar-refractivity contribution < 1.29 is 43.3 Å². The number of carbonyl (C=O) groups excluding carboxylic acids is 4. The molecular formula is C36H41N3O9. The van der Waals surface area contributed by atoms with Gasteiger partial charge >= 0.3 is 18.2 Å². The maximum atomic E-state index is 13.6. The Kier molecular flexibility index (Phi) is 10.6. The van der Waals surface area contributed by atoms with Crippen LogP contribution in [0.25, 0.3) is 0 Å². The summed E-state index contributed by atoms with van der Waals surface area (Å²) in [7, 11) is 0.